The maximum absolute atomic E-state index is 14.1. The molecule has 0 radical (unpaired) electrons. The number of nitrogens with zero attached hydrogens (tertiary/aromatic N) is 2. The minimum absolute atomic E-state index is 0.0607. The van der Waals surface area contributed by atoms with E-state index in [0.29, 0.717) is 34.8 Å². The lowest BCUT2D eigenvalue weighted by molar-refractivity contribution is -0.140. The zero-order chi connectivity index (χ0) is 28.4. The van der Waals surface area contributed by atoms with Crippen molar-refractivity contribution in [2.45, 2.75) is 57.5 Å². The van der Waals surface area contributed by atoms with Crippen LogP contribution < -0.4 is 9.62 Å². The lowest BCUT2D eigenvalue weighted by atomic mass is 10.1. The summed E-state index contributed by atoms with van der Waals surface area (Å²) in [5.41, 5.74) is 1.76. The van der Waals surface area contributed by atoms with E-state index in [2.05, 4.69) is 5.32 Å². The number of hydrogen-bond donors (Lipinski definition) is 1. The summed E-state index contributed by atoms with van der Waals surface area (Å²) in [6.07, 6.45) is 2.09. The molecule has 7 nitrogen and oxygen atoms in total. The molecule has 3 rings (SSSR count). The highest BCUT2D eigenvalue weighted by atomic mass is 35.5. The van der Waals surface area contributed by atoms with Gasteiger partial charge in [0.25, 0.3) is 10.0 Å². The van der Waals surface area contributed by atoms with Gasteiger partial charge in [-0.05, 0) is 55.2 Å². The molecule has 208 valence electrons. The molecule has 1 atom stereocenters. The molecular formula is C30H36ClN3O4S. The molecule has 0 heterocycles. The molecule has 0 bridgehead atoms. The molecule has 2 amide bonds. The summed E-state index contributed by atoms with van der Waals surface area (Å²) in [7, 11) is -4.10. The van der Waals surface area contributed by atoms with Crippen LogP contribution in [0.5, 0.6) is 0 Å². The summed E-state index contributed by atoms with van der Waals surface area (Å²) in [5.74, 6) is -0.783. The van der Waals surface area contributed by atoms with Crippen LogP contribution in [0.15, 0.2) is 83.8 Å². The third-order valence-corrected chi connectivity index (χ3v) is 8.65. The monoisotopic (exact) mass is 569 g/mol. The number of para-hydroxylation sites is 1. The molecule has 0 saturated heterocycles. The fourth-order valence-electron chi connectivity index (χ4n) is 4.31. The molecule has 1 N–H and O–H groups in total. The van der Waals surface area contributed by atoms with Gasteiger partial charge in [0.05, 0.1) is 10.6 Å². The number of carbonyl (C=O) groups excluding carboxylic acids is 2. The molecule has 0 fully saturated rings. The van der Waals surface area contributed by atoms with E-state index in [4.69, 9.17) is 11.6 Å². The Balaban J connectivity index is 2.04. The Morgan fingerprint density at radius 2 is 1.56 bits per heavy atom. The van der Waals surface area contributed by atoms with E-state index in [1.165, 1.54) is 17.0 Å². The van der Waals surface area contributed by atoms with Crippen LogP contribution >= 0.6 is 11.6 Å². The number of amides is 2. The number of unbranched alkanes of at least 4 members (excludes halogenated alkanes) is 1. The lowest BCUT2D eigenvalue weighted by Gasteiger charge is -2.33. The van der Waals surface area contributed by atoms with Crippen molar-refractivity contribution in [2.75, 3.05) is 17.4 Å². The number of rotatable bonds is 13. The fourth-order valence-corrected chi connectivity index (χ4v) is 6.01. The molecule has 0 aliphatic heterocycles. The zero-order valence-corrected chi connectivity index (χ0v) is 24.2. The number of hydrogen-bond acceptors (Lipinski definition) is 4. The Hall–Kier alpha value is -3.36. The van der Waals surface area contributed by atoms with Gasteiger partial charge in [0.15, 0.2) is 0 Å². The molecule has 0 unspecified atom stereocenters. The molecule has 0 spiro atoms. The molecule has 0 aromatic heterocycles. The van der Waals surface area contributed by atoms with Crippen LogP contribution in [0.25, 0.3) is 0 Å². The molecule has 0 aliphatic carbocycles. The first kappa shape index (κ1) is 30.2. The predicted molar refractivity (Wildman–Crippen MR) is 156 cm³/mol. The molecular weight excluding hydrogens is 534 g/mol. The highest BCUT2D eigenvalue weighted by Crippen LogP contribution is 2.28. The van der Waals surface area contributed by atoms with Crippen LogP contribution in [0, 0.1) is 6.92 Å². The maximum atomic E-state index is 14.1. The Morgan fingerprint density at radius 3 is 2.21 bits per heavy atom. The van der Waals surface area contributed by atoms with E-state index in [1.54, 1.807) is 61.5 Å². The number of aryl methyl sites for hydroxylation is 1. The van der Waals surface area contributed by atoms with Crippen LogP contribution in [0.3, 0.4) is 0 Å². The number of carbonyl (C=O) groups is 2. The van der Waals surface area contributed by atoms with Gasteiger partial charge in [-0.15, -0.1) is 0 Å². The normalized spacial score (nSPS) is 12.0. The van der Waals surface area contributed by atoms with Crippen LogP contribution in [-0.4, -0.2) is 44.3 Å². The first-order valence-electron chi connectivity index (χ1n) is 13.1. The molecule has 3 aromatic carbocycles. The predicted octanol–water partition coefficient (Wildman–Crippen LogP) is 5.57. The molecule has 39 heavy (non-hydrogen) atoms. The third-order valence-electron chi connectivity index (χ3n) is 6.51. The minimum Gasteiger partial charge on any atom is -0.354 e. The Labute approximate surface area is 236 Å². The van der Waals surface area contributed by atoms with E-state index in [-0.39, 0.29) is 17.3 Å². The quantitative estimate of drug-likeness (QED) is 0.273. The van der Waals surface area contributed by atoms with Gasteiger partial charge >= 0.3 is 0 Å². The smallest absolute Gasteiger partial charge is 0.264 e. The second-order valence-electron chi connectivity index (χ2n) is 9.29. The minimum atomic E-state index is -4.10. The Morgan fingerprint density at radius 1 is 0.923 bits per heavy atom. The average molecular weight is 570 g/mol. The summed E-state index contributed by atoms with van der Waals surface area (Å²) in [6.45, 7) is 5.74. The highest BCUT2D eigenvalue weighted by Gasteiger charge is 2.34. The second kappa shape index (κ2) is 14.1. The van der Waals surface area contributed by atoms with Crippen molar-refractivity contribution in [2.24, 2.45) is 0 Å². The second-order valence-corrected chi connectivity index (χ2v) is 11.6. The number of nitrogens with one attached hydrogen (secondary N) is 1. The summed E-state index contributed by atoms with van der Waals surface area (Å²) >= 11 is 6.43. The number of halogens is 1. The third kappa shape index (κ3) is 7.61. The van der Waals surface area contributed by atoms with Crippen molar-refractivity contribution in [3.8, 4) is 0 Å². The summed E-state index contributed by atoms with van der Waals surface area (Å²) in [4.78, 5) is 28.8. The van der Waals surface area contributed by atoms with Crippen molar-refractivity contribution in [3.63, 3.8) is 0 Å². The summed E-state index contributed by atoms with van der Waals surface area (Å²) < 4.78 is 28.8. The first-order valence-corrected chi connectivity index (χ1v) is 15.0. The van der Waals surface area contributed by atoms with E-state index in [1.807, 2.05) is 26.0 Å². The number of sulfonamides is 1. The van der Waals surface area contributed by atoms with Gasteiger partial charge in [-0.1, -0.05) is 86.5 Å². The SMILES string of the molecule is CCCCNC(=O)[C@H](CC)N(Cc1ccccc1Cl)C(=O)CN(c1ccccc1C)S(=O)(=O)c1ccccc1. The molecule has 0 aliphatic rings. The Kier molecular flexibility index (Phi) is 10.9. The summed E-state index contributed by atoms with van der Waals surface area (Å²) in [5, 5.41) is 3.39. The lowest BCUT2D eigenvalue weighted by Crippen LogP contribution is -2.52. The molecule has 0 saturated carbocycles. The van der Waals surface area contributed by atoms with Gasteiger partial charge in [0.2, 0.25) is 11.8 Å². The van der Waals surface area contributed by atoms with Gasteiger partial charge in [-0.25, -0.2) is 8.42 Å². The zero-order valence-electron chi connectivity index (χ0n) is 22.6. The van der Waals surface area contributed by atoms with Crippen molar-refractivity contribution < 1.29 is 18.0 Å². The van der Waals surface area contributed by atoms with Crippen molar-refractivity contribution >= 4 is 39.1 Å². The van der Waals surface area contributed by atoms with E-state index >= 15 is 0 Å². The van der Waals surface area contributed by atoms with Crippen LogP contribution in [0.4, 0.5) is 5.69 Å². The first-order chi connectivity index (χ1) is 18.7. The Bertz CT molecular complexity index is 1370. The van der Waals surface area contributed by atoms with Crippen molar-refractivity contribution in [1.82, 2.24) is 10.2 Å². The van der Waals surface area contributed by atoms with Gasteiger partial charge in [-0.3, -0.25) is 13.9 Å². The van der Waals surface area contributed by atoms with Gasteiger partial charge in [-0.2, -0.15) is 0 Å². The van der Waals surface area contributed by atoms with Crippen molar-refractivity contribution in [1.29, 1.82) is 0 Å². The summed E-state index contributed by atoms with van der Waals surface area (Å²) in [6, 6.07) is 21.4. The van der Waals surface area contributed by atoms with E-state index in [0.717, 1.165) is 17.1 Å². The van der Waals surface area contributed by atoms with E-state index in [9.17, 15) is 18.0 Å². The van der Waals surface area contributed by atoms with Crippen LogP contribution in [0.2, 0.25) is 5.02 Å². The molecule has 9 heteroatoms. The topological polar surface area (TPSA) is 86.8 Å². The molecule has 3 aromatic rings. The number of benzene rings is 3. The van der Waals surface area contributed by atoms with Gasteiger partial charge in [0, 0.05) is 18.1 Å². The van der Waals surface area contributed by atoms with Gasteiger partial charge < -0.3 is 10.2 Å². The standard InChI is InChI=1S/C30H36ClN3O4S/c1-4-6-20-32-30(36)27(5-2)33(21-24-15-11-12-18-26(24)31)29(35)22-34(28-19-13-10-14-23(28)3)39(37,38)25-16-8-7-9-17-25/h7-19,27H,4-6,20-22H2,1-3H3,(H,32,36)/t27-/m0/s1. The van der Waals surface area contributed by atoms with Gasteiger partial charge in [0.1, 0.15) is 12.6 Å². The van der Waals surface area contributed by atoms with E-state index < -0.39 is 28.5 Å². The fraction of sp³-hybridized carbons (Fsp3) is 0.333. The van der Waals surface area contributed by atoms with Crippen molar-refractivity contribution in [3.05, 3.63) is 95.0 Å². The number of anilines is 1. The largest absolute Gasteiger partial charge is 0.354 e. The van der Waals surface area contributed by atoms with Crippen LogP contribution in [-0.2, 0) is 26.2 Å². The maximum Gasteiger partial charge on any atom is 0.264 e. The average Bonchev–Trinajstić information content (AvgIpc) is 2.93. The highest BCUT2D eigenvalue weighted by molar-refractivity contribution is 7.92. The van der Waals surface area contributed by atoms with Crippen LogP contribution in [0.1, 0.15) is 44.2 Å².